The lowest BCUT2D eigenvalue weighted by atomic mass is 10.1. The molecule has 0 aliphatic rings. The highest BCUT2D eigenvalue weighted by atomic mass is 31.2. The van der Waals surface area contributed by atoms with Gasteiger partial charge >= 0.3 is 7.60 Å². The summed E-state index contributed by atoms with van der Waals surface area (Å²) >= 11 is 0. The average Bonchev–Trinajstić information content (AvgIpc) is 2.65. The number of unbranched alkanes of at least 4 members (excludes halogenated alkanes) is 2. The molecule has 0 saturated heterocycles. The molecule has 150 valence electrons. The van der Waals surface area contributed by atoms with E-state index in [1.165, 1.54) is 11.6 Å². The first-order valence-electron chi connectivity index (χ1n) is 9.50. The number of nitrogens with one attached hydrogen (secondary N) is 1. The summed E-state index contributed by atoms with van der Waals surface area (Å²) in [7, 11) is -3.94. The molecule has 0 radical (unpaired) electrons. The van der Waals surface area contributed by atoms with Gasteiger partial charge in [0.2, 0.25) is 0 Å². The van der Waals surface area contributed by atoms with Gasteiger partial charge in [0.1, 0.15) is 5.82 Å². The van der Waals surface area contributed by atoms with Crippen LogP contribution in [0.25, 0.3) is 0 Å². The second kappa shape index (κ2) is 11.8. The molecule has 0 fully saturated rings. The van der Waals surface area contributed by atoms with E-state index >= 15 is 0 Å². The zero-order valence-corrected chi connectivity index (χ0v) is 16.8. The highest BCUT2D eigenvalue weighted by Crippen LogP contribution is 2.34. The summed E-state index contributed by atoms with van der Waals surface area (Å²) in [6.45, 7) is 0.919. The third kappa shape index (κ3) is 9.30. The van der Waals surface area contributed by atoms with Crippen molar-refractivity contribution in [1.29, 1.82) is 0 Å². The molecule has 0 saturated carbocycles. The molecule has 0 aliphatic carbocycles. The number of hydrogen-bond donors (Lipinski definition) is 3. The van der Waals surface area contributed by atoms with E-state index < -0.39 is 7.60 Å². The molecular weight excluding hydrogens is 376 g/mol. The third-order valence-corrected chi connectivity index (χ3v) is 5.15. The molecule has 2 aromatic carbocycles. The van der Waals surface area contributed by atoms with Crippen LogP contribution in [0.15, 0.2) is 48.5 Å². The van der Waals surface area contributed by atoms with Gasteiger partial charge in [-0.3, -0.25) is 4.57 Å². The molecule has 0 atom stereocenters. The number of hydrogen-bond acceptors (Lipinski definition) is 2. The molecule has 3 N–H and O–H groups in total. The fourth-order valence-electron chi connectivity index (χ4n) is 2.76. The smallest absolute Gasteiger partial charge is 0.324 e. The minimum atomic E-state index is -3.94. The number of aryl methyl sites for hydroxylation is 1. The molecule has 28 heavy (non-hydrogen) atoms. The van der Waals surface area contributed by atoms with E-state index in [9.17, 15) is 8.96 Å². The third-order valence-electron chi connectivity index (χ3n) is 4.25. The molecule has 4 nitrogen and oxygen atoms in total. The molecule has 2 rings (SSSR count). The van der Waals surface area contributed by atoms with Crippen molar-refractivity contribution in [1.82, 2.24) is 5.32 Å². The molecule has 0 aromatic heterocycles. The zero-order chi connectivity index (χ0) is 20.2. The first kappa shape index (κ1) is 22.3. The Bertz CT molecular complexity index is 840. The van der Waals surface area contributed by atoms with E-state index in [-0.39, 0.29) is 12.0 Å². The summed E-state index contributed by atoms with van der Waals surface area (Å²) in [5.41, 5.74) is 2.50. The van der Waals surface area contributed by atoms with Crippen LogP contribution in [0.4, 0.5) is 4.39 Å². The molecule has 0 aliphatic heterocycles. The molecular formula is C22H27FNO3P. The highest BCUT2D eigenvalue weighted by molar-refractivity contribution is 7.51. The Morgan fingerprint density at radius 2 is 1.79 bits per heavy atom. The van der Waals surface area contributed by atoms with E-state index in [0.717, 1.165) is 31.2 Å². The lowest BCUT2D eigenvalue weighted by molar-refractivity contribution is 0.371. The second-order valence-corrected chi connectivity index (χ2v) is 8.50. The van der Waals surface area contributed by atoms with Gasteiger partial charge in [-0.05, 0) is 55.5 Å². The van der Waals surface area contributed by atoms with Crippen LogP contribution in [0.3, 0.4) is 0 Å². The van der Waals surface area contributed by atoms with Crippen molar-refractivity contribution in [2.45, 2.75) is 38.6 Å². The summed E-state index contributed by atoms with van der Waals surface area (Å²) in [5, 5.41) is 3.05. The summed E-state index contributed by atoms with van der Waals surface area (Å²) in [6, 6.07) is 15.3. The van der Waals surface area contributed by atoms with E-state index in [1.54, 1.807) is 6.07 Å². The van der Waals surface area contributed by atoms with Gasteiger partial charge in [0.05, 0.1) is 11.7 Å². The van der Waals surface area contributed by atoms with Crippen molar-refractivity contribution >= 4 is 7.60 Å². The summed E-state index contributed by atoms with van der Waals surface area (Å²) < 4.78 is 24.9. The largest absolute Gasteiger partial charge is 0.325 e. The fourth-order valence-corrected chi connectivity index (χ4v) is 3.33. The minimum absolute atomic E-state index is 0.145. The standard InChI is InChI=1S/C22H27FNO3P/c23-22-17-20(18-24-15-8-16-28(25,26)27)13-14-21(22)12-7-2-1-4-9-19-10-5-3-6-11-19/h3,5-6,10-11,13-14,17,24H,1-2,4,8-9,15-16,18H2,(H2,25,26,27). The lowest BCUT2D eigenvalue weighted by Gasteiger charge is -2.06. The van der Waals surface area contributed by atoms with Gasteiger partial charge in [-0.25, -0.2) is 4.39 Å². The van der Waals surface area contributed by atoms with Crippen LogP contribution in [-0.4, -0.2) is 22.5 Å². The van der Waals surface area contributed by atoms with Gasteiger partial charge in [-0.2, -0.15) is 0 Å². The predicted molar refractivity (Wildman–Crippen MR) is 111 cm³/mol. The van der Waals surface area contributed by atoms with Crippen molar-refractivity contribution in [3.8, 4) is 11.8 Å². The van der Waals surface area contributed by atoms with Gasteiger partial charge in [-0.1, -0.05) is 48.2 Å². The van der Waals surface area contributed by atoms with E-state index in [4.69, 9.17) is 9.79 Å². The molecule has 0 unspecified atom stereocenters. The number of rotatable bonds is 10. The van der Waals surface area contributed by atoms with Crippen LogP contribution in [0.1, 0.15) is 42.4 Å². The van der Waals surface area contributed by atoms with Crippen molar-refractivity contribution in [2.75, 3.05) is 12.7 Å². The van der Waals surface area contributed by atoms with Crippen LogP contribution in [-0.2, 0) is 17.5 Å². The first-order chi connectivity index (χ1) is 13.4. The van der Waals surface area contributed by atoms with E-state index in [2.05, 4.69) is 29.3 Å². The summed E-state index contributed by atoms with van der Waals surface area (Å²) in [4.78, 5) is 17.6. The van der Waals surface area contributed by atoms with Crippen LogP contribution in [0.2, 0.25) is 0 Å². The quantitative estimate of drug-likeness (QED) is 0.315. The van der Waals surface area contributed by atoms with Gasteiger partial charge in [0.25, 0.3) is 0 Å². The van der Waals surface area contributed by atoms with Gasteiger partial charge in [0, 0.05) is 13.0 Å². The summed E-state index contributed by atoms with van der Waals surface area (Å²) in [6.07, 6.45) is 4.06. The van der Waals surface area contributed by atoms with Gasteiger partial charge in [0.15, 0.2) is 0 Å². The average molecular weight is 403 g/mol. The summed E-state index contributed by atoms with van der Waals surface area (Å²) in [5.74, 6) is 5.60. The Hall–Kier alpha value is -1.96. The van der Waals surface area contributed by atoms with Crippen molar-refractivity contribution in [2.24, 2.45) is 0 Å². The predicted octanol–water partition coefficient (Wildman–Crippen LogP) is 4.25. The van der Waals surface area contributed by atoms with E-state index in [1.807, 2.05) is 24.3 Å². The molecule has 6 heteroatoms. The van der Waals surface area contributed by atoms with Crippen molar-refractivity contribution < 1.29 is 18.7 Å². The lowest BCUT2D eigenvalue weighted by Crippen LogP contribution is -2.16. The Morgan fingerprint density at radius 1 is 1.00 bits per heavy atom. The Labute approximate surface area is 166 Å². The maximum atomic E-state index is 14.1. The molecule has 0 amide bonds. The Kier molecular flexibility index (Phi) is 9.40. The monoisotopic (exact) mass is 403 g/mol. The number of benzene rings is 2. The molecule has 0 bridgehead atoms. The van der Waals surface area contributed by atoms with Crippen LogP contribution in [0.5, 0.6) is 0 Å². The van der Waals surface area contributed by atoms with Crippen molar-refractivity contribution in [3.63, 3.8) is 0 Å². The van der Waals surface area contributed by atoms with Crippen LogP contribution in [0, 0.1) is 17.7 Å². The number of halogens is 1. The van der Waals surface area contributed by atoms with Crippen LogP contribution < -0.4 is 5.32 Å². The Balaban J connectivity index is 1.69. The van der Waals surface area contributed by atoms with E-state index in [0.29, 0.717) is 25.1 Å². The first-order valence-corrected chi connectivity index (χ1v) is 11.3. The maximum absolute atomic E-state index is 14.1. The Morgan fingerprint density at radius 3 is 2.50 bits per heavy atom. The minimum Gasteiger partial charge on any atom is -0.324 e. The highest BCUT2D eigenvalue weighted by Gasteiger charge is 2.11. The van der Waals surface area contributed by atoms with Crippen LogP contribution >= 0.6 is 7.60 Å². The second-order valence-electron chi connectivity index (χ2n) is 6.73. The molecule has 0 spiro atoms. The normalized spacial score (nSPS) is 11.1. The maximum Gasteiger partial charge on any atom is 0.325 e. The zero-order valence-electron chi connectivity index (χ0n) is 15.9. The molecule has 2 aromatic rings. The van der Waals surface area contributed by atoms with Gasteiger partial charge < -0.3 is 15.1 Å². The molecule has 0 heterocycles. The SMILES string of the molecule is O=P(O)(O)CCCNCc1ccc(C#CCCCCc2ccccc2)c(F)c1. The van der Waals surface area contributed by atoms with Gasteiger partial charge in [-0.15, -0.1) is 0 Å². The fraction of sp³-hybridized carbons (Fsp3) is 0.364. The topological polar surface area (TPSA) is 69.6 Å². The van der Waals surface area contributed by atoms with Crippen molar-refractivity contribution in [3.05, 3.63) is 71.0 Å².